The zero-order valence-corrected chi connectivity index (χ0v) is 9.46. The van der Waals surface area contributed by atoms with Crippen LogP contribution in [0.4, 0.5) is 0 Å². The van der Waals surface area contributed by atoms with Gasteiger partial charge in [-0.15, -0.1) is 0 Å². The van der Waals surface area contributed by atoms with Crippen LogP contribution >= 0.6 is 0 Å². The molecular weight excluding hydrogens is 202 g/mol. The van der Waals surface area contributed by atoms with Crippen molar-refractivity contribution in [1.82, 2.24) is 14.8 Å². The van der Waals surface area contributed by atoms with Gasteiger partial charge in [-0.05, 0) is 25.5 Å². The van der Waals surface area contributed by atoms with E-state index in [1.807, 2.05) is 26.0 Å². The third kappa shape index (κ3) is 1.97. The smallest absolute Gasteiger partial charge is 0.122 e. The molecule has 2 aromatic rings. The number of pyridine rings is 1. The van der Waals surface area contributed by atoms with Crippen LogP contribution in [0.3, 0.4) is 0 Å². The number of nitrogens with zero attached hydrogens (tertiary/aromatic N) is 3. The molecule has 0 saturated carbocycles. The Morgan fingerprint density at radius 2 is 2.25 bits per heavy atom. The summed E-state index contributed by atoms with van der Waals surface area (Å²) in [5, 5.41) is 14.4. The van der Waals surface area contributed by atoms with Gasteiger partial charge < -0.3 is 5.11 Å². The minimum atomic E-state index is -0.658. The van der Waals surface area contributed by atoms with Crippen molar-refractivity contribution >= 4 is 0 Å². The van der Waals surface area contributed by atoms with E-state index in [2.05, 4.69) is 10.1 Å². The SMILES string of the molecule is CCn1nccc1C(O)c1cncc(C)c1. The van der Waals surface area contributed by atoms with E-state index < -0.39 is 6.10 Å². The van der Waals surface area contributed by atoms with Crippen molar-refractivity contribution in [2.24, 2.45) is 0 Å². The number of aryl methyl sites for hydroxylation is 2. The molecule has 0 aromatic carbocycles. The van der Waals surface area contributed by atoms with Gasteiger partial charge in [-0.25, -0.2) is 0 Å². The van der Waals surface area contributed by atoms with Crippen LogP contribution in [-0.2, 0) is 6.54 Å². The average Bonchev–Trinajstić information content (AvgIpc) is 2.76. The second kappa shape index (κ2) is 4.45. The van der Waals surface area contributed by atoms with E-state index in [1.165, 1.54) is 0 Å². The maximum atomic E-state index is 10.2. The van der Waals surface area contributed by atoms with Crippen molar-refractivity contribution in [2.75, 3.05) is 0 Å². The van der Waals surface area contributed by atoms with E-state index in [-0.39, 0.29) is 0 Å². The van der Waals surface area contributed by atoms with Crippen molar-refractivity contribution in [3.05, 3.63) is 47.5 Å². The Labute approximate surface area is 94.6 Å². The van der Waals surface area contributed by atoms with Gasteiger partial charge >= 0.3 is 0 Å². The minimum Gasteiger partial charge on any atom is -0.382 e. The molecular formula is C12H15N3O. The molecule has 4 nitrogen and oxygen atoms in total. The molecule has 0 aliphatic carbocycles. The first-order chi connectivity index (χ1) is 7.72. The lowest BCUT2D eigenvalue weighted by atomic mass is 10.1. The molecule has 0 aliphatic rings. The normalized spacial score (nSPS) is 12.7. The molecule has 16 heavy (non-hydrogen) atoms. The number of rotatable bonds is 3. The molecule has 0 aliphatic heterocycles. The monoisotopic (exact) mass is 217 g/mol. The second-order valence-corrected chi connectivity index (χ2v) is 3.77. The number of hydrogen-bond acceptors (Lipinski definition) is 3. The Bertz CT molecular complexity index is 479. The highest BCUT2D eigenvalue weighted by Gasteiger charge is 2.14. The molecule has 4 heteroatoms. The predicted octanol–water partition coefficient (Wildman–Crippen LogP) is 1.69. The molecule has 0 fully saturated rings. The van der Waals surface area contributed by atoms with Crippen LogP contribution in [0, 0.1) is 6.92 Å². The summed E-state index contributed by atoms with van der Waals surface area (Å²) in [7, 11) is 0. The van der Waals surface area contributed by atoms with Gasteiger partial charge in [0.25, 0.3) is 0 Å². The summed E-state index contributed by atoms with van der Waals surface area (Å²) < 4.78 is 1.78. The van der Waals surface area contributed by atoms with E-state index in [0.717, 1.165) is 23.4 Å². The maximum absolute atomic E-state index is 10.2. The zero-order chi connectivity index (χ0) is 11.5. The van der Waals surface area contributed by atoms with Crippen LogP contribution in [0.15, 0.2) is 30.7 Å². The lowest BCUT2D eigenvalue weighted by Gasteiger charge is -2.12. The molecule has 2 aromatic heterocycles. The van der Waals surface area contributed by atoms with Gasteiger partial charge in [0.2, 0.25) is 0 Å². The molecule has 2 heterocycles. The lowest BCUT2D eigenvalue weighted by Crippen LogP contribution is -2.09. The van der Waals surface area contributed by atoms with E-state index in [0.29, 0.717) is 0 Å². The van der Waals surface area contributed by atoms with Crippen LogP contribution in [0.25, 0.3) is 0 Å². The Balaban J connectivity index is 2.35. The fourth-order valence-electron chi connectivity index (χ4n) is 1.74. The Morgan fingerprint density at radius 3 is 2.94 bits per heavy atom. The third-order valence-corrected chi connectivity index (χ3v) is 2.54. The first-order valence-electron chi connectivity index (χ1n) is 5.33. The Hall–Kier alpha value is -1.68. The summed E-state index contributed by atoms with van der Waals surface area (Å²) in [6, 6.07) is 3.77. The first kappa shape index (κ1) is 10.8. The van der Waals surface area contributed by atoms with Crippen LogP contribution in [0.1, 0.15) is 29.8 Å². The van der Waals surface area contributed by atoms with Gasteiger partial charge in [0.05, 0.1) is 5.69 Å². The molecule has 2 rings (SSSR count). The summed E-state index contributed by atoms with van der Waals surface area (Å²) in [5.41, 5.74) is 2.64. The Kier molecular flexibility index (Phi) is 3.01. The van der Waals surface area contributed by atoms with Crippen molar-refractivity contribution in [2.45, 2.75) is 26.5 Å². The standard InChI is InChI=1S/C12H15N3O/c1-3-15-11(4-5-14-15)12(16)10-6-9(2)7-13-8-10/h4-8,12,16H,3H2,1-2H3. The molecule has 0 spiro atoms. The highest BCUT2D eigenvalue weighted by Crippen LogP contribution is 2.21. The largest absolute Gasteiger partial charge is 0.382 e. The predicted molar refractivity (Wildman–Crippen MR) is 60.9 cm³/mol. The summed E-state index contributed by atoms with van der Waals surface area (Å²) >= 11 is 0. The highest BCUT2D eigenvalue weighted by molar-refractivity contribution is 5.25. The zero-order valence-electron chi connectivity index (χ0n) is 9.46. The number of aromatic nitrogens is 3. The molecule has 0 amide bonds. The topological polar surface area (TPSA) is 50.9 Å². The van der Waals surface area contributed by atoms with E-state index in [9.17, 15) is 5.11 Å². The molecule has 0 radical (unpaired) electrons. The van der Waals surface area contributed by atoms with E-state index >= 15 is 0 Å². The summed E-state index contributed by atoms with van der Waals surface area (Å²) in [4.78, 5) is 4.08. The molecule has 1 atom stereocenters. The average molecular weight is 217 g/mol. The van der Waals surface area contributed by atoms with Crippen molar-refractivity contribution in [3.63, 3.8) is 0 Å². The highest BCUT2D eigenvalue weighted by atomic mass is 16.3. The van der Waals surface area contributed by atoms with Gasteiger partial charge in [-0.3, -0.25) is 9.67 Å². The lowest BCUT2D eigenvalue weighted by molar-refractivity contribution is 0.207. The molecule has 0 saturated heterocycles. The van der Waals surface area contributed by atoms with Crippen molar-refractivity contribution in [3.8, 4) is 0 Å². The van der Waals surface area contributed by atoms with Gasteiger partial charge in [-0.1, -0.05) is 6.07 Å². The van der Waals surface area contributed by atoms with Gasteiger partial charge in [0.1, 0.15) is 6.10 Å². The fourth-order valence-corrected chi connectivity index (χ4v) is 1.74. The number of aliphatic hydroxyl groups is 1. The van der Waals surface area contributed by atoms with Crippen LogP contribution in [0.2, 0.25) is 0 Å². The number of aliphatic hydroxyl groups excluding tert-OH is 1. The van der Waals surface area contributed by atoms with Crippen LogP contribution in [0.5, 0.6) is 0 Å². The number of hydrogen-bond donors (Lipinski definition) is 1. The van der Waals surface area contributed by atoms with Gasteiger partial charge in [0, 0.05) is 30.7 Å². The molecule has 1 unspecified atom stereocenters. The molecule has 1 N–H and O–H groups in total. The quantitative estimate of drug-likeness (QED) is 0.851. The minimum absolute atomic E-state index is 0.658. The van der Waals surface area contributed by atoms with Gasteiger partial charge in [-0.2, -0.15) is 5.10 Å². The van der Waals surface area contributed by atoms with Crippen LogP contribution in [-0.4, -0.2) is 19.9 Å². The fraction of sp³-hybridized carbons (Fsp3) is 0.333. The van der Waals surface area contributed by atoms with Crippen molar-refractivity contribution < 1.29 is 5.11 Å². The maximum Gasteiger partial charge on any atom is 0.122 e. The van der Waals surface area contributed by atoms with E-state index in [4.69, 9.17) is 0 Å². The Morgan fingerprint density at radius 1 is 1.44 bits per heavy atom. The summed E-state index contributed by atoms with van der Waals surface area (Å²) in [6.07, 6.45) is 4.50. The van der Waals surface area contributed by atoms with Crippen LogP contribution < -0.4 is 0 Å². The summed E-state index contributed by atoms with van der Waals surface area (Å²) in [5.74, 6) is 0. The second-order valence-electron chi connectivity index (χ2n) is 3.77. The van der Waals surface area contributed by atoms with Crippen molar-refractivity contribution in [1.29, 1.82) is 0 Å². The summed E-state index contributed by atoms with van der Waals surface area (Å²) in [6.45, 7) is 4.71. The van der Waals surface area contributed by atoms with Gasteiger partial charge in [0.15, 0.2) is 0 Å². The third-order valence-electron chi connectivity index (χ3n) is 2.54. The molecule has 0 bridgehead atoms. The molecule has 84 valence electrons. The van der Waals surface area contributed by atoms with E-state index in [1.54, 1.807) is 23.3 Å². The first-order valence-corrected chi connectivity index (χ1v) is 5.33.